The highest BCUT2D eigenvalue weighted by atomic mass is 35.5. The summed E-state index contributed by atoms with van der Waals surface area (Å²) in [6, 6.07) is 4.32. The molecule has 0 radical (unpaired) electrons. The summed E-state index contributed by atoms with van der Waals surface area (Å²) in [5.74, 6) is -0.0157. The highest BCUT2D eigenvalue weighted by molar-refractivity contribution is 6.31. The number of hydrogen-bond acceptors (Lipinski definition) is 5. The molecule has 21 heavy (non-hydrogen) atoms. The first kappa shape index (κ1) is 14.1. The van der Waals surface area contributed by atoms with E-state index < -0.39 is 11.5 Å². The minimum Gasteiger partial charge on any atom is -0.369 e. The molecule has 5 nitrogen and oxygen atoms in total. The highest BCUT2D eigenvalue weighted by Gasteiger charge is 2.42. The molecule has 0 saturated heterocycles. The van der Waals surface area contributed by atoms with Crippen LogP contribution in [-0.4, -0.2) is 17.6 Å². The Morgan fingerprint density at radius 3 is 2.52 bits per heavy atom. The van der Waals surface area contributed by atoms with Crippen molar-refractivity contribution in [2.24, 2.45) is 21.5 Å². The predicted octanol–water partition coefficient (Wildman–Crippen LogP) is 2.59. The van der Waals surface area contributed by atoms with E-state index in [9.17, 15) is 4.39 Å². The first-order valence-electron chi connectivity index (χ1n) is 6.96. The molecule has 1 fully saturated rings. The molecule has 3 rings (SSSR count). The summed E-state index contributed by atoms with van der Waals surface area (Å²) in [6.45, 7) is 0. The maximum atomic E-state index is 13.7. The number of guanidine groups is 2. The zero-order valence-corrected chi connectivity index (χ0v) is 12.3. The van der Waals surface area contributed by atoms with Crippen molar-refractivity contribution in [3.8, 4) is 0 Å². The van der Waals surface area contributed by atoms with Gasteiger partial charge in [0.25, 0.3) is 0 Å². The molecule has 112 valence electrons. The molecule has 4 N–H and O–H groups in total. The second-order valence-electron chi connectivity index (χ2n) is 5.45. The third kappa shape index (κ3) is 2.55. The number of rotatable bonds is 1. The topological polar surface area (TPSA) is 80.0 Å². The van der Waals surface area contributed by atoms with Gasteiger partial charge in [0.15, 0.2) is 0 Å². The quantitative estimate of drug-likeness (QED) is 0.836. The molecule has 1 aromatic rings. The van der Waals surface area contributed by atoms with E-state index in [1.807, 2.05) is 0 Å². The Balaban J connectivity index is 2.10. The minimum atomic E-state index is -0.578. The summed E-state index contributed by atoms with van der Waals surface area (Å²) in [6.07, 6.45) is 4.79. The van der Waals surface area contributed by atoms with E-state index in [0.29, 0.717) is 10.7 Å². The van der Waals surface area contributed by atoms with Crippen molar-refractivity contribution in [2.75, 3.05) is 4.90 Å². The smallest absolute Gasteiger partial charge is 0.220 e. The lowest BCUT2D eigenvalue weighted by Gasteiger charge is -2.45. The van der Waals surface area contributed by atoms with Gasteiger partial charge in [0, 0.05) is 5.02 Å². The first-order chi connectivity index (χ1) is 10.00. The molecular formula is C14H17ClFN5. The molecular weight excluding hydrogens is 293 g/mol. The Kier molecular flexibility index (Phi) is 3.49. The van der Waals surface area contributed by atoms with E-state index in [-0.39, 0.29) is 11.9 Å². The van der Waals surface area contributed by atoms with Crippen LogP contribution in [0, 0.1) is 5.82 Å². The molecule has 1 aliphatic carbocycles. The Morgan fingerprint density at radius 1 is 1.14 bits per heavy atom. The fourth-order valence-corrected chi connectivity index (χ4v) is 3.38. The van der Waals surface area contributed by atoms with Crippen molar-refractivity contribution in [3.63, 3.8) is 0 Å². The zero-order chi connectivity index (χ0) is 15.0. The Bertz CT molecular complexity index is 602. The molecule has 1 aliphatic heterocycles. The molecule has 1 aromatic carbocycles. The molecule has 7 heteroatoms. The highest BCUT2D eigenvalue weighted by Crippen LogP contribution is 2.40. The number of nitrogens with two attached hydrogens (primary N) is 2. The van der Waals surface area contributed by atoms with Crippen molar-refractivity contribution < 1.29 is 4.39 Å². The van der Waals surface area contributed by atoms with Gasteiger partial charge in [-0.1, -0.05) is 18.0 Å². The van der Waals surface area contributed by atoms with Crippen LogP contribution < -0.4 is 16.4 Å². The van der Waals surface area contributed by atoms with Crippen molar-refractivity contribution >= 4 is 29.2 Å². The summed E-state index contributed by atoms with van der Waals surface area (Å²) in [5.41, 5.74) is 11.8. The molecule has 0 atom stereocenters. The standard InChI is InChI=1S/C14H17ClFN5/c15-9-6-10(16)8-11(7-9)21-13(18)19-12(17)20-14(21)4-2-1-3-5-14/h6-8H,1-5H2,(H4,17,18,19,20). The van der Waals surface area contributed by atoms with Gasteiger partial charge in [0.05, 0.1) is 5.69 Å². The normalized spacial score (nSPS) is 21.1. The summed E-state index contributed by atoms with van der Waals surface area (Å²) in [4.78, 5) is 10.3. The van der Waals surface area contributed by atoms with Crippen LogP contribution in [0.3, 0.4) is 0 Å². The van der Waals surface area contributed by atoms with Gasteiger partial charge in [0.1, 0.15) is 11.5 Å². The molecule has 2 aliphatic rings. The zero-order valence-electron chi connectivity index (χ0n) is 11.5. The SMILES string of the molecule is NC1=NC2(CCCCC2)N(c2cc(F)cc(Cl)c2)C(N)=N1. The van der Waals surface area contributed by atoms with Gasteiger partial charge in [-0.3, -0.25) is 4.90 Å². The van der Waals surface area contributed by atoms with E-state index >= 15 is 0 Å². The third-order valence-electron chi connectivity index (χ3n) is 3.96. The monoisotopic (exact) mass is 309 g/mol. The van der Waals surface area contributed by atoms with Gasteiger partial charge in [-0.15, -0.1) is 0 Å². The molecule has 1 heterocycles. The van der Waals surface area contributed by atoms with Crippen LogP contribution in [0.5, 0.6) is 0 Å². The molecule has 0 aromatic heterocycles. The van der Waals surface area contributed by atoms with Crippen LogP contribution in [0.15, 0.2) is 28.2 Å². The van der Waals surface area contributed by atoms with Crippen LogP contribution in [0.2, 0.25) is 5.02 Å². The molecule has 0 amide bonds. The number of halogens is 2. The number of aliphatic imine (C=N–C) groups is 2. The van der Waals surface area contributed by atoms with Gasteiger partial charge in [-0.25, -0.2) is 9.38 Å². The Morgan fingerprint density at radius 2 is 1.86 bits per heavy atom. The van der Waals surface area contributed by atoms with Gasteiger partial charge in [-0.2, -0.15) is 4.99 Å². The van der Waals surface area contributed by atoms with Crippen molar-refractivity contribution in [1.29, 1.82) is 0 Å². The van der Waals surface area contributed by atoms with Crippen molar-refractivity contribution in [1.82, 2.24) is 0 Å². The Labute approximate surface area is 127 Å². The fourth-order valence-electron chi connectivity index (χ4n) is 3.16. The lowest BCUT2D eigenvalue weighted by atomic mass is 9.87. The lowest BCUT2D eigenvalue weighted by Crippen LogP contribution is -2.58. The minimum absolute atomic E-state index is 0.174. The number of anilines is 1. The third-order valence-corrected chi connectivity index (χ3v) is 4.18. The molecule has 1 spiro atoms. The van der Waals surface area contributed by atoms with Crippen LogP contribution >= 0.6 is 11.6 Å². The maximum Gasteiger partial charge on any atom is 0.220 e. The maximum absolute atomic E-state index is 13.7. The van der Waals surface area contributed by atoms with Crippen LogP contribution in [0.25, 0.3) is 0 Å². The van der Waals surface area contributed by atoms with Crippen molar-refractivity contribution in [2.45, 2.75) is 37.8 Å². The van der Waals surface area contributed by atoms with Crippen LogP contribution in [0.1, 0.15) is 32.1 Å². The van der Waals surface area contributed by atoms with E-state index in [1.54, 1.807) is 11.0 Å². The predicted molar refractivity (Wildman–Crippen MR) is 82.9 cm³/mol. The van der Waals surface area contributed by atoms with Gasteiger partial charge in [-0.05, 0) is 43.9 Å². The average Bonchev–Trinajstić information content (AvgIpc) is 2.37. The van der Waals surface area contributed by atoms with E-state index in [0.717, 1.165) is 32.1 Å². The van der Waals surface area contributed by atoms with E-state index in [1.165, 1.54) is 12.1 Å². The fraction of sp³-hybridized carbons (Fsp3) is 0.429. The first-order valence-corrected chi connectivity index (χ1v) is 7.34. The van der Waals surface area contributed by atoms with E-state index in [4.69, 9.17) is 23.1 Å². The largest absolute Gasteiger partial charge is 0.369 e. The van der Waals surface area contributed by atoms with Gasteiger partial charge in [0.2, 0.25) is 11.9 Å². The van der Waals surface area contributed by atoms with Crippen LogP contribution in [-0.2, 0) is 0 Å². The summed E-state index contributed by atoms with van der Waals surface area (Å²) in [5, 5.41) is 0.311. The Hall–Kier alpha value is -1.82. The lowest BCUT2D eigenvalue weighted by molar-refractivity contribution is 0.305. The number of nitrogens with zero attached hydrogens (tertiary/aromatic N) is 3. The summed E-state index contributed by atoms with van der Waals surface area (Å²) < 4.78 is 13.7. The molecule has 0 bridgehead atoms. The second-order valence-corrected chi connectivity index (χ2v) is 5.88. The molecule has 0 unspecified atom stereocenters. The summed E-state index contributed by atoms with van der Waals surface area (Å²) in [7, 11) is 0. The number of hydrogen-bond donors (Lipinski definition) is 2. The number of benzene rings is 1. The van der Waals surface area contributed by atoms with Gasteiger partial charge < -0.3 is 11.5 Å². The average molecular weight is 310 g/mol. The summed E-state index contributed by atoms with van der Waals surface area (Å²) >= 11 is 5.97. The van der Waals surface area contributed by atoms with E-state index in [2.05, 4.69) is 9.98 Å². The van der Waals surface area contributed by atoms with Gasteiger partial charge >= 0.3 is 0 Å². The molecule has 1 saturated carbocycles. The second kappa shape index (κ2) is 5.18. The van der Waals surface area contributed by atoms with Crippen molar-refractivity contribution in [3.05, 3.63) is 29.0 Å². The van der Waals surface area contributed by atoms with Crippen LogP contribution in [0.4, 0.5) is 10.1 Å².